The first-order valence-corrected chi connectivity index (χ1v) is 29.8. The number of allylic oxidation sites excluding steroid dienone is 4. The summed E-state index contributed by atoms with van der Waals surface area (Å²) < 4.78 is 16.9. The highest BCUT2D eigenvalue weighted by molar-refractivity contribution is 5.71. The third-order valence-electron chi connectivity index (χ3n) is 13.4. The molecule has 0 heterocycles. The number of ether oxygens (including phenoxy) is 3. The van der Waals surface area contributed by atoms with Crippen molar-refractivity contribution in [3.8, 4) is 0 Å². The van der Waals surface area contributed by atoms with E-state index in [1.165, 1.54) is 225 Å². The van der Waals surface area contributed by atoms with E-state index in [1.807, 2.05) is 0 Å². The summed E-state index contributed by atoms with van der Waals surface area (Å²) in [6.07, 6.45) is 65.9. The Balaban J connectivity index is 4.33. The molecule has 0 aliphatic carbocycles. The average Bonchev–Trinajstić information content (AvgIpc) is 3.33. The lowest BCUT2D eigenvalue weighted by molar-refractivity contribution is -0.167. The molecule has 0 aliphatic rings. The molecule has 6 heteroatoms. The van der Waals surface area contributed by atoms with Gasteiger partial charge in [-0.15, -0.1) is 0 Å². The predicted molar refractivity (Wildman–Crippen MR) is 289 cm³/mol. The molecule has 0 aromatic heterocycles. The largest absolute Gasteiger partial charge is 0.462 e. The van der Waals surface area contributed by atoms with Gasteiger partial charge in [-0.2, -0.15) is 0 Å². The Kier molecular flexibility index (Phi) is 54.7. The van der Waals surface area contributed by atoms with Gasteiger partial charge < -0.3 is 14.2 Å². The number of hydrogen-bond acceptors (Lipinski definition) is 6. The Hall–Kier alpha value is -2.11. The molecular weight excluding hydrogens is 829 g/mol. The summed E-state index contributed by atoms with van der Waals surface area (Å²) in [6.45, 7) is 6.67. The van der Waals surface area contributed by atoms with Gasteiger partial charge in [0, 0.05) is 19.3 Å². The van der Waals surface area contributed by atoms with Gasteiger partial charge in [-0.1, -0.05) is 263 Å². The third-order valence-corrected chi connectivity index (χ3v) is 13.4. The molecule has 0 fully saturated rings. The first-order valence-electron chi connectivity index (χ1n) is 29.8. The van der Waals surface area contributed by atoms with Crippen LogP contribution in [-0.2, 0) is 28.6 Å². The van der Waals surface area contributed by atoms with E-state index in [9.17, 15) is 14.4 Å². The number of unbranched alkanes of at least 4 members (excludes halogenated alkanes) is 40. The fourth-order valence-electron chi connectivity index (χ4n) is 8.91. The molecule has 0 rings (SSSR count). The molecule has 0 amide bonds. The van der Waals surface area contributed by atoms with Gasteiger partial charge in [0.25, 0.3) is 0 Å². The second kappa shape index (κ2) is 56.5. The number of hydrogen-bond donors (Lipinski definition) is 0. The van der Waals surface area contributed by atoms with Crippen LogP contribution in [0.4, 0.5) is 0 Å². The Labute approximate surface area is 417 Å². The quantitative estimate of drug-likeness (QED) is 0.0262. The Morgan fingerprint density at radius 3 is 0.746 bits per heavy atom. The molecule has 0 spiro atoms. The smallest absolute Gasteiger partial charge is 0.306 e. The van der Waals surface area contributed by atoms with Crippen molar-refractivity contribution in [1.82, 2.24) is 0 Å². The van der Waals surface area contributed by atoms with Crippen molar-refractivity contribution in [2.45, 2.75) is 335 Å². The van der Waals surface area contributed by atoms with Crippen molar-refractivity contribution >= 4 is 17.9 Å². The lowest BCUT2D eigenvalue weighted by Gasteiger charge is -2.18. The summed E-state index contributed by atoms with van der Waals surface area (Å²) in [5.41, 5.74) is 0. The zero-order valence-corrected chi connectivity index (χ0v) is 45.2. The molecule has 0 aromatic rings. The average molecular weight is 944 g/mol. The van der Waals surface area contributed by atoms with Crippen LogP contribution in [0.15, 0.2) is 24.3 Å². The summed E-state index contributed by atoms with van der Waals surface area (Å²) in [4.78, 5) is 38.2. The van der Waals surface area contributed by atoms with Crippen LogP contribution in [0.1, 0.15) is 329 Å². The van der Waals surface area contributed by atoms with Crippen LogP contribution < -0.4 is 0 Å². The van der Waals surface area contributed by atoms with E-state index in [2.05, 4.69) is 45.1 Å². The van der Waals surface area contributed by atoms with Crippen molar-refractivity contribution in [3.63, 3.8) is 0 Å². The highest BCUT2D eigenvalue weighted by Crippen LogP contribution is 2.17. The highest BCUT2D eigenvalue weighted by atomic mass is 16.6. The molecular formula is C61H114O6. The first kappa shape index (κ1) is 64.9. The molecule has 0 bridgehead atoms. The van der Waals surface area contributed by atoms with E-state index in [0.29, 0.717) is 19.3 Å². The third kappa shape index (κ3) is 54.7. The van der Waals surface area contributed by atoms with E-state index < -0.39 is 6.10 Å². The van der Waals surface area contributed by atoms with Crippen molar-refractivity contribution < 1.29 is 28.6 Å². The monoisotopic (exact) mass is 943 g/mol. The fourth-order valence-corrected chi connectivity index (χ4v) is 8.91. The SMILES string of the molecule is CCCCCCCC/C=C\CCCCCCCCCCCC(=O)O[C@H](COC(=O)CCCCCCC/C=C\CCCCCCCC)COC(=O)CCCCCCCCCCCCCCCCC. The van der Waals surface area contributed by atoms with Gasteiger partial charge in [-0.05, 0) is 70.6 Å². The molecule has 0 aliphatic heterocycles. The van der Waals surface area contributed by atoms with Crippen molar-refractivity contribution in [2.24, 2.45) is 0 Å². The highest BCUT2D eigenvalue weighted by Gasteiger charge is 2.19. The minimum Gasteiger partial charge on any atom is -0.462 e. The second-order valence-corrected chi connectivity index (χ2v) is 20.3. The molecule has 0 N–H and O–H groups in total. The molecule has 6 nitrogen and oxygen atoms in total. The number of esters is 3. The van der Waals surface area contributed by atoms with Crippen LogP contribution in [0.25, 0.3) is 0 Å². The molecule has 0 aromatic carbocycles. The summed E-state index contributed by atoms with van der Waals surface area (Å²) in [6, 6.07) is 0. The van der Waals surface area contributed by atoms with E-state index in [-0.39, 0.29) is 31.1 Å². The maximum atomic E-state index is 12.9. The molecule has 67 heavy (non-hydrogen) atoms. The van der Waals surface area contributed by atoms with Crippen LogP contribution >= 0.6 is 0 Å². The molecule has 0 saturated carbocycles. The van der Waals surface area contributed by atoms with Gasteiger partial charge in [0.05, 0.1) is 0 Å². The second-order valence-electron chi connectivity index (χ2n) is 20.3. The number of carbonyl (C=O) groups is 3. The molecule has 0 unspecified atom stereocenters. The molecule has 0 radical (unpaired) electrons. The van der Waals surface area contributed by atoms with Gasteiger partial charge in [-0.25, -0.2) is 0 Å². The normalized spacial score (nSPS) is 12.1. The van der Waals surface area contributed by atoms with Crippen molar-refractivity contribution in [1.29, 1.82) is 0 Å². The van der Waals surface area contributed by atoms with Crippen LogP contribution in [0.2, 0.25) is 0 Å². The van der Waals surface area contributed by atoms with Gasteiger partial charge in [0.1, 0.15) is 13.2 Å². The van der Waals surface area contributed by atoms with Gasteiger partial charge in [-0.3, -0.25) is 14.4 Å². The van der Waals surface area contributed by atoms with Gasteiger partial charge >= 0.3 is 17.9 Å². The zero-order chi connectivity index (χ0) is 48.6. The predicted octanol–water partition coefficient (Wildman–Crippen LogP) is 19.9. The van der Waals surface area contributed by atoms with E-state index in [1.54, 1.807) is 0 Å². The minimum atomic E-state index is -0.772. The lowest BCUT2D eigenvalue weighted by Crippen LogP contribution is -2.30. The molecule has 1 atom stereocenters. The molecule has 394 valence electrons. The summed E-state index contributed by atoms with van der Waals surface area (Å²) in [5.74, 6) is -0.859. The Morgan fingerprint density at radius 1 is 0.284 bits per heavy atom. The maximum absolute atomic E-state index is 12.9. The topological polar surface area (TPSA) is 78.9 Å². The first-order chi connectivity index (χ1) is 33.0. The lowest BCUT2D eigenvalue weighted by atomic mass is 10.0. The maximum Gasteiger partial charge on any atom is 0.306 e. The Bertz CT molecular complexity index is 1080. The van der Waals surface area contributed by atoms with E-state index in [0.717, 1.165) is 64.2 Å². The molecule has 0 saturated heterocycles. The van der Waals surface area contributed by atoms with Crippen molar-refractivity contribution in [2.75, 3.05) is 13.2 Å². The van der Waals surface area contributed by atoms with Gasteiger partial charge in [0.2, 0.25) is 0 Å². The van der Waals surface area contributed by atoms with Crippen LogP contribution in [0.5, 0.6) is 0 Å². The Morgan fingerprint density at radius 2 is 0.493 bits per heavy atom. The van der Waals surface area contributed by atoms with E-state index in [4.69, 9.17) is 14.2 Å². The minimum absolute atomic E-state index is 0.0700. The van der Waals surface area contributed by atoms with Crippen molar-refractivity contribution in [3.05, 3.63) is 24.3 Å². The summed E-state index contributed by atoms with van der Waals surface area (Å²) in [7, 11) is 0. The van der Waals surface area contributed by atoms with Crippen LogP contribution in [0.3, 0.4) is 0 Å². The fraction of sp³-hybridized carbons (Fsp3) is 0.885. The summed E-state index contributed by atoms with van der Waals surface area (Å²) >= 11 is 0. The zero-order valence-electron chi connectivity index (χ0n) is 45.2. The van der Waals surface area contributed by atoms with Gasteiger partial charge in [0.15, 0.2) is 6.10 Å². The summed E-state index contributed by atoms with van der Waals surface area (Å²) in [5, 5.41) is 0. The van der Waals surface area contributed by atoms with E-state index >= 15 is 0 Å². The number of carbonyl (C=O) groups excluding carboxylic acids is 3. The van der Waals surface area contributed by atoms with Crippen LogP contribution in [-0.4, -0.2) is 37.2 Å². The van der Waals surface area contributed by atoms with Crippen LogP contribution in [0, 0.1) is 0 Å². The number of rotatable bonds is 55. The standard InChI is InChI=1S/C61H114O6/c1-4-7-10-13-16-19-22-25-28-29-30-31-34-37-40-43-46-49-52-55-61(64)67-58(56-65-59(62)53-50-47-44-41-38-35-32-26-23-20-17-14-11-8-5-2)57-66-60(63)54-51-48-45-42-39-36-33-27-24-21-18-15-12-9-6-3/h25-26,28,32,58H,4-24,27,29-31,33-57H2,1-3H3/b28-25-,32-26-/t58-/m1/s1.